The Labute approximate surface area is 105 Å². The molecule has 98 valence electrons. The van der Waals surface area contributed by atoms with Gasteiger partial charge in [0.2, 0.25) is 0 Å². The Morgan fingerprint density at radius 1 is 1.47 bits per heavy atom. The van der Waals surface area contributed by atoms with Crippen molar-refractivity contribution in [2.75, 3.05) is 7.11 Å². The lowest BCUT2D eigenvalue weighted by Crippen LogP contribution is -2.57. The number of unbranched alkanes of at least 4 members (excludes halogenated alkanes) is 1. The highest BCUT2D eigenvalue weighted by atomic mass is 16.5. The molecule has 0 amide bonds. The van der Waals surface area contributed by atoms with E-state index in [0.29, 0.717) is 11.8 Å². The van der Waals surface area contributed by atoms with E-state index in [4.69, 9.17) is 4.74 Å². The van der Waals surface area contributed by atoms with Crippen LogP contribution in [0.3, 0.4) is 0 Å². The van der Waals surface area contributed by atoms with Crippen LogP contribution in [0.25, 0.3) is 0 Å². The van der Waals surface area contributed by atoms with E-state index in [1.807, 2.05) is 0 Å². The van der Waals surface area contributed by atoms with Gasteiger partial charge in [-0.3, -0.25) is 0 Å². The fourth-order valence-electron chi connectivity index (χ4n) is 3.75. The fourth-order valence-corrected chi connectivity index (χ4v) is 3.75. The summed E-state index contributed by atoms with van der Waals surface area (Å²) in [4.78, 5) is 0. The van der Waals surface area contributed by atoms with Gasteiger partial charge in [-0.1, -0.05) is 38.8 Å². The Kier molecular flexibility index (Phi) is 3.65. The zero-order valence-electron chi connectivity index (χ0n) is 11.4. The van der Waals surface area contributed by atoms with Crippen LogP contribution < -0.4 is 0 Å². The van der Waals surface area contributed by atoms with E-state index in [1.165, 1.54) is 0 Å². The molecule has 0 aliphatic heterocycles. The van der Waals surface area contributed by atoms with Gasteiger partial charge in [-0.25, -0.2) is 0 Å². The maximum atomic E-state index is 11.2. The van der Waals surface area contributed by atoms with Crippen molar-refractivity contribution in [2.45, 2.75) is 63.6 Å². The molecule has 0 saturated heterocycles. The summed E-state index contributed by atoms with van der Waals surface area (Å²) in [7, 11) is 1.75. The van der Waals surface area contributed by atoms with Crippen LogP contribution in [-0.4, -0.2) is 23.4 Å². The number of fused-ring (bicyclic) bond motifs is 3. The maximum absolute atomic E-state index is 11.2. The average molecular weight is 238 g/mol. The molecule has 2 nitrogen and oxygen atoms in total. The molecule has 1 fully saturated rings. The van der Waals surface area contributed by atoms with Crippen LogP contribution >= 0.6 is 0 Å². The van der Waals surface area contributed by atoms with Crippen LogP contribution in [0.2, 0.25) is 0 Å². The molecule has 0 spiro atoms. The van der Waals surface area contributed by atoms with Crippen molar-refractivity contribution in [2.24, 2.45) is 11.8 Å². The number of ether oxygens (including phenoxy) is 1. The second-order valence-corrected chi connectivity index (χ2v) is 5.92. The smallest absolute Gasteiger partial charge is 0.115 e. The van der Waals surface area contributed by atoms with E-state index in [-0.39, 0.29) is 0 Å². The molecule has 4 atom stereocenters. The molecule has 3 rings (SSSR count). The topological polar surface area (TPSA) is 29.5 Å². The standard InChI is InChI=1S/C15H26O2/c1-4-5-8-15(16)12(2)11-13-6-9-14(15,17-3)10-7-13/h6,9,12-13,16H,4-5,7-8,10-11H2,1-3H3/t12-,13?,14?,15+/m0/s1. The molecule has 0 aromatic heterocycles. The minimum Gasteiger partial charge on any atom is -0.386 e. The third kappa shape index (κ3) is 1.96. The van der Waals surface area contributed by atoms with Crippen LogP contribution in [0.4, 0.5) is 0 Å². The van der Waals surface area contributed by atoms with E-state index in [1.54, 1.807) is 7.11 Å². The van der Waals surface area contributed by atoms with Gasteiger partial charge < -0.3 is 9.84 Å². The van der Waals surface area contributed by atoms with Crippen molar-refractivity contribution in [1.82, 2.24) is 0 Å². The molecule has 2 bridgehead atoms. The third-order valence-electron chi connectivity index (χ3n) is 5.00. The molecule has 2 unspecified atom stereocenters. The maximum Gasteiger partial charge on any atom is 0.115 e. The third-order valence-corrected chi connectivity index (χ3v) is 5.00. The molecule has 1 N–H and O–H groups in total. The summed E-state index contributed by atoms with van der Waals surface area (Å²) in [5.74, 6) is 0.959. The van der Waals surface area contributed by atoms with Gasteiger partial charge in [-0.15, -0.1) is 0 Å². The summed E-state index contributed by atoms with van der Waals surface area (Å²) < 4.78 is 5.79. The molecule has 2 heteroatoms. The van der Waals surface area contributed by atoms with Crippen molar-refractivity contribution < 1.29 is 9.84 Å². The Hall–Kier alpha value is -0.340. The Morgan fingerprint density at radius 3 is 2.76 bits per heavy atom. The van der Waals surface area contributed by atoms with Gasteiger partial charge in [-0.05, 0) is 37.5 Å². The molecule has 3 aliphatic carbocycles. The number of aliphatic hydroxyl groups is 1. The van der Waals surface area contributed by atoms with Crippen LogP contribution in [0.5, 0.6) is 0 Å². The zero-order valence-corrected chi connectivity index (χ0v) is 11.4. The molecule has 1 saturated carbocycles. The van der Waals surface area contributed by atoms with Gasteiger partial charge in [0.15, 0.2) is 0 Å². The molecule has 0 aromatic rings. The molecule has 3 aliphatic rings. The lowest BCUT2D eigenvalue weighted by molar-refractivity contribution is -0.171. The lowest BCUT2D eigenvalue weighted by Gasteiger charge is -2.47. The number of allylic oxidation sites excluding steroid dienone is 1. The Bertz CT molecular complexity index is 299. The summed E-state index contributed by atoms with van der Waals surface area (Å²) in [6, 6.07) is 0. The number of rotatable bonds is 4. The van der Waals surface area contributed by atoms with Crippen molar-refractivity contribution in [3.05, 3.63) is 12.2 Å². The van der Waals surface area contributed by atoms with Gasteiger partial charge in [0.25, 0.3) is 0 Å². The first-order valence-electron chi connectivity index (χ1n) is 7.05. The van der Waals surface area contributed by atoms with Crippen LogP contribution in [0, 0.1) is 11.8 Å². The van der Waals surface area contributed by atoms with E-state index in [2.05, 4.69) is 26.0 Å². The van der Waals surface area contributed by atoms with E-state index < -0.39 is 11.2 Å². The fraction of sp³-hybridized carbons (Fsp3) is 0.867. The predicted molar refractivity (Wildman–Crippen MR) is 69.9 cm³/mol. The predicted octanol–water partition coefficient (Wildman–Crippen LogP) is 3.30. The summed E-state index contributed by atoms with van der Waals surface area (Å²) >= 11 is 0. The lowest BCUT2D eigenvalue weighted by atomic mass is 9.70. The minimum absolute atomic E-state index is 0.316. The normalized spacial score (nSPS) is 44.9. The van der Waals surface area contributed by atoms with E-state index in [9.17, 15) is 5.11 Å². The van der Waals surface area contributed by atoms with Crippen LogP contribution in [0.15, 0.2) is 12.2 Å². The van der Waals surface area contributed by atoms with Gasteiger partial charge in [-0.2, -0.15) is 0 Å². The highest BCUT2D eigenvalue weighted by Gasteiger charge is 2.55. The van der Waals surface area contributed by atoms with Gasteiger partial charge in [0, 0.05) is 7.11 Å². The van der Waals surface area contributed by atoms with E-state index in [0.717, 1.165) is 38.5 Å². The van der Waals surface area contributed by atoms with Crippen molar-refractivity contribution in [3.8, 4) is 0 Å². The van der Waals surface area contributed by atoms with Crippen molar-refractivity contribution in [3.63, 3.8) is 0 Å². The largest absolute Gasteiger partial charge is 0.386 e. The summed E-state index contributed by atoms with van der Waals surface area (Å²) in [6.07, 6.45) is 10.7. The molecule has 0 aromatic carbocycles. The summed E-state index contributed by atoms with van der Waals surface area (Å²) in [5, 5.41) is 11.2. The first-order valence-corrected chi connectivity index (χ1v) is 7.05. The Balaban J connectivity index is 2.34. The first kappa shape index (κ1) is 13.1. The van der Waals surface area contributed by atoms with E-state index >= 15 is 0 Å². The number of hydrogen-bond donors (Lipinski definition) is 1. The first-order chi connectivity index (χ1) is 8.08. The zero-order chi connectivity index (χ0) is 12.5. The van der Waals surface area contributed by atoms with Crippen LogP contribution in [-0.2, 0) is 4.74 Å². The average Bonchev–Trinajstić information content (AvgIpc) is 2.52. The quantitative estimate of drug-likeness (QED) is 0.761. The SMILES string of the molecule is CCCC[C@@]1(O)[C@@H](C)CC2C=CC1(OC)CC2. The second kappa shape index (κ2) is 4.74. The number of hydrogen-bond acceptors (Lipinski definition) is 2. The minimum atomic E-state index is -0.681. The summed E-state index contributed by atoms with van der Waals surface area (Å²) in [6.45, 7) is 4.37. The molecule has 17 heavy (non-hydrogen) atoms. The molecule has 0 heterocycles. The monoisotopic (exact) mass is 238 g/mol. The second-order valence-electron chi connectivity index (χ2n) is 5.92. The van der Waals surface area contributed by atoms with Crippen LogP contribution in [0.1, 0.15) is 52.4 Å². The molecular formula is C15H26O2. The summed E-state index contributed by atoms with van der Waals surface area (Å²) in [5.41, 5.74) is -1.12. The highest BCUT2D eigenvalue weighted by molar-refractivity contribution is 5.22. The molecular weight excluding hydrogens is 212 g/mol. The van der Waals surface area contributed by atoms with Crippen molar-refractivity contribution >= 4 is 0 Å². The van der Waals surface area contributed by atoms with Gasteiger partial charge in [0.05, 0.1) is 5.60 Å². The highest BCUT2D eigenvalue weighted by Crippen LogP contribution is 2.50. The van der Waals surface area contributed by atoms with Gasteiger partial charge >= 0.3 is 0 Å². The van der Waals surface area contributed by atoms with Gasteiger partial charge in [0.1, 0.15) is 5.60 Å². The molecule has 0 radical (unpaired) electrons. The Morgan fingerprint density at radius 2 is 2.24 bits per heavy atom. The van der Waals surface area contributed by atoms with Crippen molar-refractivity contribution in [1.29, 1.82) is 0 Å². The number of methoxy groups -OCH3 is 1.